The van der Waals surface area contributed by atoms with Gasteiger partial charge >= 0.3 is 0 Å². The molecule has 22 heavy (non-hydrogen) atoms. The highest BCUT2D eigenvalue weighted by Crippen LogP contribution is 2.40. The van der Waals surface area contributed by atoms with Crippen LogP contribution in [0.2, 0.25) is 0 Å². The summed E-state index contributed by atoms with van der Waals surface area (Å²) in [4.78, 5) is 16.6. The van der Waals surface area contributed by atoms with Crippen molar-refractivity contribution in [3.8, 4) is 0 Å². The van der Waals surface area contributed by atoms with Crippen molar-refractivity contribution >= 4 is 5.78 Å². The lowest BCUT2D eigenvalue weighted by molar-refractivity contribution is -0.0772. The number of ketones is 1. The molecule has 6 heteroatoms. The van der Waals surface area contributed by atoms with Crippen LogP contribution in [0.15, 0.2) is 30.3 Å². The first kappa shape index (κ1) is 13.6. The van der Waals surface area contributed by atoms with Crippen molar-refractivity contribution in [1.82, 2.24) is 14.8 Å². The van der Waals surface area contributed by atoms with Crippen molar-refractivity contribution in [2.24, 2.45) is 5.41 Å². The Morgan fingerprint density at radius 3 is 2.73 bits per heavy atom. The molecule has 114 valence electrons. The lowest BCUT2D eigenvalue weighted by Crippen LogP contribution is -2.46. The van der Waals surface area contributed by atoms with Gasteiger partial charge in [-0.15, -0.1) is 5.10 Å². The second-order valence-electron chi connectivity index (χ2n) is 6.25. The van der Waals surface area contributed by atoms with Gasteiger partial charge in [0.25, 0.3) is 0 Å². The largest absolute Gasteiger partial charge is 0.379 e. The number of carbonyl (C=O) groups is 1. The minimum Gasteiger partial charge on any atom is -0.379 e. The molecule has 0 bridgehead atoms. The van der Waals surface area contributed by atoms with Gasteiger partial charge in [0.2, 0.25) is 11.6 Å². The van der Waals surface area contributed by atoms with Crippen LogP contribution in [0.1, 0.15) is 47.6 Å². The van der Waals surface area contributed by atoms with Crippen LogP contribution in [0.25, 0.3) is 0 Å². The van der Waals surface area contributed by atoms with E-state index in [1.54, 1.807) is 4.68 Å². The molecule has 0 saturated carbocycles. The topological polar surface area (TPSA) is 57.0 Å². The first-order valence-electron chi connectivity index (χ1n) is 7.36. The molecule has 2 aliphatic rings. The Balaban J connectivity index is 1.70. The highest BCUT2D eigenvalue weighted by atomic mass is 19.1. The Morgan fingerprint density at radius 2 is 2.09 bits per heavy atom. The van der Waals surface area contributed by atoms with Crippen molar-refractivity contribution in [3.63, 3.8) is 0 Å². The monoisotopic (exact) mass is 301 g/mol. The summed E-state index contributed by atoms with van der Waals surface area (Å²) in [5.74, 6) is 0.185. The molecule has 0 amide bonds. The van der Waals surface area contributed by atoms with Crippen LogP contribution in [-0.2, 0) is 4.74 Å². The third-order valence-corrected chi connectivity index (χ3v) is 4.44. The van der Waals surface area contributed by atoms with Crippen molar-refractivity contribution in [2.75, 3.05) is 13.2 Å². The lowest BCUT2D eigenvalue weighted by atomic mass is 9.83. The number of benzene rings is 1. The standard InChI is InChI=1S/C16H16FN3O2/c1-16(8-22-9-16)13(21)14-18-15-11(17)7-12(20(15)19-14)10-5-3-2-4-6-10/h2-6,11-12H,7-9H2,1H3/t11-,12-/m0/s1. The van der Waals surface area contributed by atoms with Gasteiger partial charge in [-0.05, 0) is 12.5 Å². The summed E-state index contributed by atoms with van der Waals surface area (Å²) in [5.41, 5.74) is 0.405. The van der Waals surface area contributed by atoms with Crippen LogP contribution in [0, 0.1) is 5.41 Å². The van der Waals surface area contributed by atoms with Crippen molar-refractivity contribution < 1.29 is 13.9 Å². The number of alkyl halides is 1. The fraction of sp³-hybridized carbons (Fsp3) is 0.438. The van der Waals surface area contributed by atoms with E-state index in [-0.39, 0.29) is 23.5 Å². The van der Waals surface area contributed by atoms with Crippen LogP contribution >= 0.6 is 0 Å². The summed E-state index contributed by atoms with van der Waals surface area (Å²) in [5, 5.41) is 4.31. The zero-order chi connectivity index (χ0) is 15.3. The van der Waals surface area contributed by atoms with Crippen molar-refractivity contribution in [2.45, 2.75) is 25.6 Å². The second-order valence-corrected chi connectivity index (χ2v) is 6.25. The molecule has 1 aromatic carbocycles. The average Bonchev–Trinajstić information content (AvgIpc) is 3.06. The van der Waals surface area contributed by atoms with Gasteiger partial charge in [-0.2, -0.15) is 0 Å². The Hall–Kier alpha value is -2.08. The summed E-state index contributed by atoms with van der Waals surface area (Å²) in [6.45, 7) is 2.57. The van der Waals surface area contributed by atoms with Crippen LogP contribution in [0.3, 0.4) is 0 Å². The number of Topliss-reactive ketones (excluding diaryl/α,β-unsaturated/α-hetero) is 1. The molecule has 1 saturated heterocycles. The Bertz CT molecular complexity index is 724. The maximum absolute atomic E-state index is 14.3. The summed E-state index contributed by atoms with van der Waals surface area (Å²) in [6, 6.07) is 9.42. The molecule has 2 atom stereocenters. The van der Waals surface area contributed by atoms with Gasteiger partial charge in [0, 0.05) is 6.42 Å². The molecule has 0 unspecified atom stereocenters. The van der Waals surface area contributed by atoms with Gasteiger partial charge in [-0.25, -0.2) is 14.1 Å². The number of carbonyl (C=O) groups excluding carboxylic acids is 1. The Morgan fingerprint density at radius 1 is 1.36 bits per heavy atom. The predicted molar refractivity (Wildman–Crippen MR) is 76.3 cm³/mol. The number of halogens is 1. The maximum atomic E-state index is 14.3. The summed E-state index contributed by atoms with van der Waals surface area (Å²) < 4.78 is 20.9. The van der Waals surface area contributed by atoms with Crippen LogP contribution < -0.4 is 0 Å². The van der Waals surface area contributed by atoms with E-state index < -0.39 is 11.6 Å². The van der Waals surface area contributed by atoms with Gasteiger partial charge in [-0.3, -0.25) is 4.79 Å². The summed E-state index contributed by atoms with van der Waals surface area (Å²) >= 11 is 0. The zero-order valence-electron chi connectivity index (χ0n) is 12.2. The minimum absolute atomic E-state index is 0.101. The lowest BCUT2D eigenvalue weighted by Gasteiger charge is -2.35. The van der Waals surface area contributed by atoms with E-state index in [2.05, 4.69) is 10.1 Å². The number of fused-ring (bicyclic) bond motifs is 1. The van der Waals surface area contributed by atoms with E-state index in [9.17, 15) is 9.18 Å². The zero-order valence-corrected chi connectivity index (χ0v) is 12.2. The number of hydrogen-bond donors (Lipinski definition) is 0. The van der Waals surface area contributed by atoms with Crippen LogP contribution in [0.4, 0.5) is 4.39 Å². The van der Waals surface area contributed by atoms with Gasteiger partial charge in [0.1, 0.15) is 0 Å². The van der Waals surface area contributed by atoms with Gasteiger partial charge in [0.15, 0.2) is 12.0 Å². The number of aromatic nitrogens is 3. The number of ether oxygens (including phenoxy) is 1. The minimum atomic E-state index is -1.19. The molecule has 1 fully saturated rings. The van der Waals surface area contributed by atoms with E-state index in [1.807, 2.05) is 37.3 Å². The first-order chi connectivity index (χ1) is 10.6. The highest BCUT2D eigenvalue weighted by molar-refractivity contribution is 5.97. The molecule has 0 N–H and O–H groups in total. The summed E-state index contributed by atoms with van der Waals surface area (Å²) in [7, 11) is 0. The van der Waals surface area contributed by atoms with Gasteiger partial charge in [-0.1, -0.05) is 30.3 Å². The molecule has 4 rings (SSSR count). The van der Waals surface area contributed by atoms with Crippen molar-refractivity contribution in [3.05, 3.63) is 47.5 Å². The fourth-order valence-electron chi connectivity index (χ4n) is 3.04. The smallest absolute Gasteiger partial charge is 0.218 e. The van der Waals surface area contributed by atoms with Crippen molar-refractivity contribution in [1.29, 1.82) is 0 Å². The molecule has 2 aromatic rings. The predicted octanol–water partition coefficient (Wildman–Crippen LogP) is 2.50. The molecular formula is C16H16FN3O2. The quantitative estimate of drug-likeness (QED) is 0.817. The first-order valence-corrected chi connectivity index (χ1v) is 7.36. The molecule has 0 aliphatic carbocycles. The van der Waals surface area contributed by atoms with E-state index in [1.165, 1.54) is 0 Å². The van der Waals surface area contributed by atoms with E-state index >= 15 is 0 Å². The van der Waals surface area contributed by atoms with Crippen LogP contribution in [0.5, 0.6) is 0 Å². The third kappa shape index (κ3) is 1.90. The Kier molecular flexibility index (Phi) is 2.91. The number of hydrogen-bond acceptors (Lipinski definition) is 4. The van der Waals surface area contributed by atoms with Gasteiger partial charge < -0.3 is 4.74 Å². The normalized spacial score (nSPS) is 25.5. The number of rotatable bonds is 3. The molecule has 1 aromatic heterocycles. The maximum Gasteiger partial charge on any atom is 0.218 e. The average molecular weight is 301 g/mol. The SMILES string of the molecule is CC1(C(=O)c2nc3n(n2)[C@H](c2ccccc2)C[C@@H]3F)COC1. The molecule has 0 spiro atoms. The molecule has 3 heterocycles. The molecule has 0 radical (unpaired) electrons. The third-order valence-electron chi connectivity index (χ3n) is 4.44. The van der Waals surface area contributed by atoms with Gasteiger partial charge in [0.05, 0.1) is 24.7 Å². The Labute approximate surface area is 127 Å². The van der Waals surface area contributed by atoms with Crippen LogP contribution in [-0.4, -0.2) is 33.8 Å². The highest BCUT2D eigenvalue weighted by Gasteiger charge is 2.45. The van der Waals surface area contributed by atoms with E-state index in [0.29, 0.717) is 19.6 Å². The second kappa shape index (κ2) is 4.71. The van der Waals surface area contributed by atoms with E-state index in [4.69, 9.17) is 4.74 Å². The summed E-state index contributed by atoms with van der Waals surface area (Å²) in [6.07, 6.45) is -0.876. The fourth-order valence-corrected chi connectivity index (χ4v) is 3.04. The molecule has 5 nitrogen and oxygen atoms in total. The molecular weight excluding hydrogens is 285 g/mol. The molecule has 2 aliphatic heterocycles. The van der Waals surface area contributed by atoms with E-state index in [0.717, 1.165) is 5.56 Å². The number of nitrogens with zero attached hydrogens (tertiary/aromatic N) is 3.